The van der Waals surface area contributed by atoms with Crippen LogP contribution in [0, 0.1) is 0 Å². The SMILES string of the molecule is CC.CC.COC(=O)C(NC(=O)c1ccc(C(C)(C)C)cc1)c1ccc(B2OC(C)(C)C(C)(C)O2)cc1. The molecule has 1 unspecified atom stereocenters. The number of hydrogen-bond donors (Lipinski definition) is 1. The maximum absolute atomic E-state index is 12.9. The van der Waals surface area contributed by atoms with E-state index in [0.717, 1.165) is 11.0 Å². The summed E-state index contributed by atoms with van der Waals surface area (Å²) in [4.78, 5) is 25.4. The van der Waals surface area contributed by atoms with Crippen molar-refractivity contribution in [3.63, 3.8) is 0 Å². The third-order valence-corrected chi connectivity index (χ3v) is 6.52. The van der Waals surface area contributed by atoms with Gasteiger partial charge in [-0.1, -0.05) is 84.9 Å². The maximum Gasteiger partial charge on any atom is 0.494 e. The maximum atomic E-state index is 12.9. The number of carbonyl (C=O) groups excluding carboxylic acids is 2. The molecular formula is C30H46BNO5. The largest absolute Gasteiger partial charge is 0.494 e. The fraction of sp³-hybridized carbons (Fsp3) is 0.533. The Hall–Kier alpha value is -2.64. The molecule has 37 heavy (non-hydrogen) atoms. The Labute approximate surface area is 224 Å². The number of methoxy groups -OCH3 is 1. The van der Waals surface area contributed by atoms with Gasteiger partial charge in [0.25, 0.3) is 5.91 Å². The van der Waals surface area contributed by atoms with Gasteiger partial charge in [-0.2, -0.15) is 0 Å². The van der Waals surface area contributed by atoms with Crippen LogP contribution in [0.4, 0.5) is 0 Å². The smallest absolute Gasteiger partial charge is 0.467 e. The van der Waals surface area contributed by atoms with Crippen LogP contribution in [0.5, 0.6) is 0 Å². The number of amides is 1. The topological polar surface area (TPSA) is 73.9 Å². The van der Waals surface area contributed by atoms with Crippen molar-refractivity contribution < 1.29 is 23.6 Å². The molecule has 0 radical (unpaired) electrons. The molecule has 7 heteroatoms. The number of nitrogens with one attached hydrogen (secondary N) is 1. The normalized spacial score (nSPS) is 16.4. The molecule has 0 spiro atoms. The van der Waals surface area contributed by atoms with Crippen molar-refractivity contribution in [2.75, 3.05) is 7.11 Å². The van der Waals surface area contributed by atoms with E-state index in [4.69, 9.17) is 14.0 Å². The van der Waals surface area contributed by atoms with Gasteiger partial charge in [0.05, 0.1) is 18.3 Å². The van der Waals surface area contributed by atoms with Gasteiger partial charge in [-0.05, 0) is 61.8 Å². The van der Waals surface area contributed by atoms with E-state index in [0.29, 0.717) is 11.1 Å². The molecule has 1 fully saturated rings. The Kier molecular flexibility index (Phi) is 11.6. The highest BCUT2D eigenvalue weighted by Gasteiger charge is 2.51. The van der Waals surface area contributed by atoms with Crippen molar-refractivity contribution in [1.82, 2.24) is 5.32 Å². The van der Waals surface area contributed by atoms with Crippen LogP contribution < -0.4 is 10.8 Å². The molecule has 204 valence electrons. The first kappa shape index (κ1) is 32.4. The third kappa shape index (κ3) is 7.92. The zero-order chi connectivity index (χ0) is 28.6. The van der Waals surface area contributed by atoms with Crippen LogP contribution in [0.2, 0.25) is 0 Å². The lowest BCUT2D eigenvalue weighted by Gasteiger charge is -2.32. The van der Waals surface area contributed by atoms with Crippen LogP contribution in [0.15, 0.2) is 48.5 Å². The molecule has 3 rings (SSSR count). The first-order chi connectivity index (χ1) is 17.2. The van der Waals surface area contributed by atoms with Gasteiger partial charge in [0.2, 0.25) is 0 Å². The van der Waals surface area contributed by atoms with Crippen molar-refractivity contribution in [2.45, 2.75) is 98.8 Å². The van der Waals surface area contributed by atoms with Gasteiger partial charge in [0.1, 0.15) is 0 Å². The summed E-state index contributed by atoms with van der Waals surface area (Å²) in [5.41, 5.74) is 2.16. The second-order valence-corrected chi connectivity index (χ2v) is 10.5. The lowest BCUT2D eigenvalue weighted by molar-refractivity contribution is -0.143. The van der Waals surface area contributed by atoms with Crippen LogP contribution in [0.3, 0.4) is 0 Å². The van der Waals surface area contributed by atoms with Gasteiger partial charge < -0.3 is 19.4 Å². The van der Waals surface area contributed by atoms with Crippen LogP contribution in [0.1, 0.15) is 104 Å². The predicted molar refractivity (Wildman–Crippen MR) is 152 cm³/mol. The van der Waals surface area contributed by atoms with E-state index < -0.39 is 30.3 Å². The first-order valence-corrected chi connectivity index (χ1v) is 13.2. The third-order valence-electron chi connectivity index (χ3n) is 6.52. The molecule has 0 saturated carbocycles. The Bertz CT molecular complexity index is 992. The van der Waals surface area contributed by atoms with E-state index in [1.165, 1.54) is 7.11 Å². The molecule has 1 N–H and O–H groups in total. The van der Waals surface area contributed by atoms with Crippen LogP contribution in [-0.2, 0) is 24.3 Å². The molecule has 2 aromatic rings. The number of ether oxygens (including phenoxy) is 1. The Balaban J connectivity index is 0.00000163. The van der Waals surface area contributed by atoms with Gasteiger partial charge in [-0.25, -0.2) is 4.79 Å². The number of rotatable bonds is 5. The van der Waals surface area contributed by atoms with Gasteiger partial charge in [0.15, 0.2) is 6.04 Å². The zero-order valence-corrected chi connectivity index (χ0v) is 24.8. The van der Waals surface area contributed by atoms with Crippen molar-refractivity contribution in [3.05, 3.63) is 65.2 Å². The fourth-order valence-electron chi connectivity index (χ4n) is 3.56. The number of carbonyl (C=O) groups is 2. The predicted octanol–water partition coefficient (Wildman–Crippen LogP) is 5.98. The molecule has 1 atom stereocenters. The molecule has 1 amide bonds. The van der Waals surface area contributed by atoms with E-state index >= 15 is 0 Å². The highest BCUT2D eigenvalue weighted by molar-refractivity contribution is 6.62. The average Bonchev–Trinajstić information content (AvgIpc) is 3.10. The summed E-state index contributed by atoms with van der Waals surface area (Å²) in [5, 5.41) is 2.80. The minimum absolute atomic E-state index is 0.0114. The van der Waals surface area contributed by atoms with Gasteiger partial charge in [0, 0.05) is 5.56 Å². The summed E-state index contributed by atoms with van der Waals surface area (Å²) in [6, 6.07) is 13.7. The summed E-state index contributed by atoms with van der Waals surface area (Å²) in [7, 11) is 0.801. The monoisotopic (exact) mass is 511 g/mol. The van der Waals surface area contributed by atoms with Gasteiger partial charge in [-0.15, -0.1) is 0 Å². The molecule has 6 nitrogen and oxygen atoms in total. The molecule has 2 aromatic carbocycles. The molecule has 1 aliphatic heterocycles. The molecular weight excluding hydrogens is 465 g/mol. The minimum Gasteiger partial charge on any atom is -0.467 e. The standard InChI is InChI=1S/C26H34BNO5.2C2H6/c1-24(2,3)19-13-9-18(10-14-19)22(29)28-21(23(30)31-8)17-11-15-20(16-12-17)27-32-25(4,5)26(6,7)33-27;2*1-2/h9-16,21H,1-8H3,(H,28,29);2*1-2H3. The second kappa shape index (κ2) is 13.2. The molecule has 0 aliphatic carbocycles. The quantitative estimate of drug-likeness (QED) is 0.395. The Morgan fingerprint density at radius 3 is 1.70 bits per heavy atom. The Morgan fingerprint density at radius 1 is 0.838 bits per heavy atom. The summed E-state index contributed by atoms with van der Waals surface area (Å²) in [6.45, 7) is 22.3. The second-order valence-electron chi connectivity index (χ2n) is 10.5. The first-order valence-electron chi connectivity index (χ1n) is 13.2. The molecule has 0 aromatic heterocycles. The van der Waals surface area contributed by atoms with Crippen LogP contribution >= 0.6 is 0 Å². The summed E-state index contributed by atoms with van der Waals surface area (Å²) in [5.74, 6) is -0.890. The number of esters is 1. The average molecular weight is 512 g/mol. The summed E-state index contributed by atoms with van der Waals surface area (Å²) >= 11 is 0. The zero-order valence-electron chi connectivity index (χ0n) is 24.8. The lowest BCUT2D eigenvalue weighted by atomic mass is 9.78. The Morgan fingerprint density at radius 2 is 1.30 bits per heavy atom. The highest BCUT2D eigenvalue weighted by atomic mass is 16.7. The van der Waals surface area contributed by atoms with E-state index in [1.807, 2.05) is 79.7 Å². The fourth-order valence-corrected chi connectivity index (χ4v) is 3.56. The van der Waals surface area contributed by atoms with Crippen molar-refractivity contribution in [1.29, 1.82) is 0 Å². The van der Waals surface area contributed by atoms with Crippen molar-refractivity contribution >= 4 is 24.5 Å². The molecule has 0 bridgehead atoms. The van der Waals surface area contributed by atoms with E-state index in [1.54, 1.807) is 24.3 Å². The highest BCUT2D eigenvalue weighted by Crippen LogP contribution is 2.36. The van der Waals surface area contributed by atoms with Gasteiger partial charge in [-0.3, -0.25) is 4.79 Å². The minimum atomic E-state index is -0.933. The molecule has 1 aliphatic rings. The lowest BCUT2D eigenvalue weighted by Crippen LogP contribution is -2.41. The van der Waals surface area contributed by atoms with E-state index in [9.17, 15) is 9.59 Å². The number of benzene rings is 2. The van der Waals surface area contributed by atoms with Crippen molar-refractivity contribution in [2.24, 2.45) is 0 Å². The number of hydrogen-bond acceptors (Lipinski definition) is 5. The summed E-state index contributed by atoms with van der Waals surface area (Å²) in [6.07, 6.45) is 0. The van der Waals surface area contributed by atoms with Crippen LogP contribution in [0.25, 0.3) is 0 Å². The van der Waals surface area contributed by atoms with Gasteiger partial charge >= 0.3 is 13.1 Å². The van der Waals surface area contributed by atoms with E-state index in [-0.39, 0.29) is 11.3 Å². The van der Waals surface area contributed by atoms with E-state index in [2.05, 4.69) is 26.1 Å². The molecule has 1 heterocycles. The molecule has 1 saturated heterocycles. The van der Waals surface area contributed by atoms with Crippen LogP contribution in [-0.4, -0.2) is 37.3 Å². The van der Waals surface area contributed by atoms with Crippen molar-refractivity contribution in [3.8, 4) is 0 Å². The summed E-state index contributed by atoms with van der Waals surface area (Å²) < 4.78 is 17.1.